The Hall–Kier alpha value is -2.96. The Bertz CT molecular complexity index is 1190. The van der Waals surface area contributed by atoms with Gasteiger partial charge in [0.1, 0.15) is 12.1 Å². The molecule has 0 aromatic heterocycles. The Morgan fingerprint density at radius 2 is 1.80 bits per heavy atom. The van der Waals surface area contributed by atoms with Gasteiger partial charge in [-0.15, -0.1) is 0 Å². The van der Waals surface area contributed by atoms with Crippen molar-refractivity contribution in [2.75, 3.05) is 11.9 Å². The third kappa shape index (κ3) is 7.82. The highest BCUT2D eigenvalue weighted by Crippen LogP contribution is 2.40. The molecule has 1 heterocycles. The number of benzene rings is 2. The molecule has 3 N–H and O–H groups in total. The van der Waals surface area contributed by atoms with Gasteiger partial charge in [0.25, 0.3) is 0 Å². The van der Waals surface area contributed by atoms with Crippen LogP contribution in [-0.2, 0) is 15.8 Å². The average Bonchev–Trinajstić information content (AvgIpc) is 2.91. The second-order valence-corrected chi connectivity index (χ2v) is 12.5. The number of rotatable bonds is 9. The normalized spacial score (nSPS) is 20.4. The molecule has 3 rings (SSSR count). The fourth-order valence-corrected chi connectivity index (χ4v) is 5.28. The second-order valence-electron chi connectivity index (χ2n) is 12.5. The Morgan fingerprint density at radius 3 is 2.40 bits per heavy atom. The summed E-state index contributed by atoms with van der Waals surface area (Å²) >= 11 is 0. The van der Waals surface area contributed by atoms with Gasteiger partial charge in [-0.2, -0.15) is 0 Å². The smallest absolute Gasteiger partial charge is 0.232 e. The van der Waals surface area contributed by atoms with Gasteiger partial charge in [-0.05, 0) is 80.3 Å². The number of hydrogen-bond donors (Lipinski definition) is 3. The zero-order valence-electron chi connectivity index (χ0n) is 25.1. The minimum atomic E-state index is -1.01. The van der Waals surface area contributed by atoms with Gasteiger partial charge in [0, 0.05) is 18.2 Å². The van der Waals surface area contributed by atoms with E-state index in [2.05, 4.69) is 32.2 Å². The standard InChI is InChI=1S/C34H47FN2O3/c1-8-9-10-16-29(35)23(2)32(39)37-21-12-15-28(30(37)24-17-19-25(20-18-24)34(6,7)40)31(38)36-27-14-11-13-26(22-27)33(3,4)5/h9-11,13-14,16-20,22-23,28,30-31,36,38,40H,8,12,15,21H2,1-7H3/b10-9-,29-16+/t23?,28-,30-,31?/m0/s1. The van der Waals surface area contributed by atoms with Gasteiger partial charge in [-0.25, -0.2) is 4.39 Å². The molecule has 1 saturated heterocycles. The van der Waals surface area contributed by atoms with Crippen LogP contribution in [0.25, 0.3) is 0 Å². The number of aliphatic hydroxyl groups is 2. The molecular weight excluding hydrogens is 503 g/mol. The topological polar surface area (TPSA) is 72.8 Å². The van der Waals surface area contributed by atoms with Crippen molar-refractivity contribution in [1.29, 1.82) is 0 Å². The van der Waals surface area contributed by atoms with E-state index in [9.17, 15) is 19.4 Å². The molecule has 4 atom stereocenters. The van der Waals surface area contributed by atoms with E-state index < -0.39 is 29.6 Å². The van der Waals surface area contributed by atoms with Crippen molar-refractivity contribution in [3.05, 3.63) is 89.3 Å². The van der Waals surface area contributed by atoms with Gasteiger partial charge in [0.2, 0.25) is 5.91 Å². The molecule has 1 aliphatic heterocycles. The summed E-state index contributed by atoms with van der Waals surface area (Å²) < 4.78 is 15.0. The largest absolute Gasteiger partial charge is 0.386 e. The number of likely N-dealkylation sites (tertiary alicyclic amines) is 1. The first-order chi connectivity index (χ1) is 18.7. The molecule has 0 radical (unpaired) electrons. The molecule has 2 aromatic carbocycles. The molecule has 2 aromatic rings. The van der Waals surface area contributed by atoms with Crippen molar-refractivity contribution >= 4 is 11.6 Å². The summed E-state index contributed by atoms with van der Waals surface area (Å²) in [6.45, 7) is 13.9. The van der Waals surface area contributed by atoms with E-state index in [4.69, 9.17) is 0 Å². The van der Waals surface area contributed by atoms with E-state index in [0.717, 1.165) is 28.8 Å². The molecule has 0 aliphatic carbocycles. The Balaban J connectivity index is 1.97. The Kier molecular flexibility index (Phi) is 10.4. The number of hydrogen-bond acceptors (Lipinski definition) is 4. The van der Waals surface area contributed by atoms with Crippen LogP contribution in [0.4, 0.5) is 10.1 Å². The fourth-order valence-electron chi connectivity index (χ4n) is 5.28. The van der Waals surface area contributed by atoms with Gasteiger partial charge in [0.15, 0.2) is 0 Å². The number of nitrogens with zero attached hydrogens (tertiary/aromatic N) is 1. The number of aliphatic hydroxyl groups excluding tert-OH is 1. The number of halogens is 1. The predicted octanol–water partition coefficient (Wildman–Crippen LogP) is 7.38. The maximum Gasteiger partial charge on any atom is 0.232 e. The zero-order chi connectivity index (χ0) is 29.7. The van der Waals surface area contributed by atoms with Crippen molar-refractivity contribution in [2.45, 2.75) is 91.0 Å². The molecule has 5 nitrogen and oxygen atoms in total. The Morgan fingerprint density at radius 1 is 1.12 bits per heavy atom. The maximum absolute atomic E-state index is 15.0. The van der Waals surface area contributed by atoms with E-state index in [-0.39, 0.29) is 17.2 Å². The van der Waals surface area contributed by atoms with E-state index in [1.54, 1.807) is 31.7 Å². The third-order valence-electron chi connectivity index (χ3n) is 7.78. The van der Waals surface area contributed by atoms with Crippen molar-refractivity contribution in [3.63, 3.8) is 0 Å². The first-order valence-corrected chi connectivity index (χ1v) is 14.4. The molecule has 0 spiro atoms. The highest BCUT2D eigenvalue weighted by atomic mass is 19.1. The van der Waals surface area contributed by atoms with Gasteiger partial charge in [0.05, 0.1) is 17.6 Å². The van der Waals surface area contributed by atoms with Crippen LogP contribution in [0.5, 0.6) is 0 Å². The first-order valence-electron chi connectivity index (χ1n) is 14.4. The fraction of sp³-hybridized carbons (Fsp3) is 0.500. The summed E-state index contributed by atoms with van der Waals surface area (Å²) in [4.78, 5) is 15.5. The lowest BCUT2D eigenvalue weighted by Gasteiger charge is -2.44. The molecule has 1 amide bonds. The number of carbonyl (C=O) groups excluding carboxylic acids is 1. The lowest BCUT2D eigenvalue weighted by molar-refractivity contribution is -0.141. The number of piperidine rings is 1. The maximum atomic E-state index is 15.0. The van der Waals surface area contributed by atoms with Crippen LogP contribution in [0.15, 0.2) is 72.6 Å². The number of nitrogens with one attached hydrogen (secondary N) is 1. The molecule has 0 saturated carbocycles. The van der Waals surface area contributed by atoms with Crippen molar-refractivity contribution in [3.8, 4) is 0 Å². The van der Waals surface area contributed by atoms with E-state index in [1.807, 2.05) is 55.5 Å². The molecule has 1 aliphatic rings. The summed E-state index contributed by atoms with van der Waals surface area (Å²) in [6, 6.07) is 15.1. The number of allylic oxidation sites excluding steroid dienone is 3. The van der Waals surface area contributed by atoms with E-state index in [1.165, 1.54) is 6.08 Å². The van der Waals surface area contributed by atoms with Crippen LogP contribution in [-0.4, -0.2) is 33.8 Å². The lowest BCUT2D eigenvalue weighted by Crippen LogP contribution is -2.49. The van der Waals surface area contributed by atoms with Crippen LogP contribution >= 0.6 is 0 Å². The third-order valence-corrected chi connectivity index (χ3v) is 7.78. The van der Waals surface area contributed by atoms with Crippen molar-refractivity contribution in [1.82, 2.24) is 4.90 Å². The summed E-state index contributed by atoms with van der Waals surface area (Å²) in [5.41, 5.74) is 2.51. The summed E-state index contributed by atoms with van der Waals surface area (Å²) in [6.07, 6.45) is 6.09. The minimum Gasteiger partial charge on any atom is -0.386 e. The van der Waals surface area contributed by atoms with Gasteiger partial charge >= 0.3 is 0 Å². The second kappa shape index (κ2) is 13.1. The van der Waals surface area contributed by atoms with Gasteiger partial charge < -0.3 is 20.4 Å². The minimum absolute atomic E-state index is 0.0402. The molecule has 218 valence electrons. The van der Waals surface area contributed by atoms with Crippen LogP contribution < -0.4 is 5.32 Å². The van der Waals surface area contributed by atoms with Crippen LogP contribution in [0, 0.1) is 11.8 Å². The van der Waals surface area contributed by atoms with E-state index >= 15 is 0 Å². The quantitative estimate of drug-likeness (QED) is 0.225. The van der Waals surface area contributed by atoms with E-state index in [0.29, 0.717) is 19.4 Å². The van der Waals surface area contributed by atoms with Crippen molar-refractivity contribution < 1.29 is 19.4 Å². The van der Waals surface area contributed by atoms with Crippen molar-refractivity contribution in [2.24, 2.45) is 11.8 Å². The molecule has 0 bridgehead atoms. The molecule has 2 unspecified atom stereocenters. The predicted molar refractivity (Wildman–Crippen MR) is 161 cm³/mol. The highest BCUT2D eigenvalue weighted by molar-refractivity contribution is 5.81. The van der Waals surface area contributed by atoms with Crippen LogP contribution in [0.2, 0.25) is 0 Å². The van der Waals surface area contributed by atoms with Gasteiger partial charge in [-0.1, -0.05) is 76.2 Å². The summed E-state index contributed by atoms with van der Waals surface area (Å²) in [5.74, 6) is -2.05. The van der Waals surface area contributed by atoms with Crippen LogP contribution in [0.3, 0.4) is 0 Å². The zero-order valence-corrected chi connectivity index (χ0v) is 25.1. The monoisotopic (exact) mass is 550 g/mol. The summed E-state index contributed by atoms with van der Waals surface area (Å²) in [5, 5.41) is 25.3. The summed E-state index contributed by atoms with van der Waals surface area (Å²) in [7, 11) is 0. The molecule has 1 fully saturated rings. The van der Waals surface area contributed by atoms with Crippen LogP contribution in [0.1, 0.15) is 90.5 Å². The molecule has 6 heteroatoms. The average molecular weight is 551 g/mol. The molecule has 40 heavy (non-hydrogen) atoms. The number of amides is 1. The molecular formula is C34H47FN2O3. The lowest BCUT2D eigenvalue weighted by atomic mass is 9.81. The number of anilines is 1. The highest BCUT2D eigenvalue weighted by Gasteiger charge is 2.41. The SMILES string of the molecule is CC/C=C\C=C(\F)C(C)C(=O)N1CCC[C@H](C(O)Nc2cccc(C(C)(C)C)c2)[C@@H]1c1ccc(C(C)(C)O)cc1. The van der Waals surface area contributed by atoms with Gasteiger partial charge in [-0.3, -0.25) is 4.79 Å². The number of carbonyl (C=O) groups is 1. The first kappa shape index (κ1) is 31.6. The Labute approximate surface area is 239 Å².